The molecule has 0 saturated carbocycles. The molecule has 0 bridgehead atoms. The number of aromatic nitrogens is 4. The molecule has 0 aliphatic carbocycles. The molecule has 0 radical (unpaired) electrons. The molecule has 0 fully saturated rings. The summed E-state index contributed by atoms with van der Waals surface area (Å²) in [6, 6.07) is 18.1. The molecule has 0 unspecified atom stereocenters. The average molecular weight is 476 g/mol. The van der Waals surface area contributed by atoms with Crippen LogP contribution in [-0.4, -0.2) is 42.9 Å². The Bertz CT molecular complexity index is 1230. The van der Waals surface area contributed by atoms with Gasteiger partial charge in [-0.1, -0.05) is 48.5 Å². The van der Waals surface area contributed by atoms with Gasteiger partial charge in [0.2, 0.25) is 5.91 Å². The standard InChI is InChI=1S/C26H26FN5OS/c1-3-16-31(17-20-6-4-19(2)5-7-20)24(33)18-34-26-30-29-25(21-12-14-28-15-13-21)32(26)23-10-8-22(27)9-11-23/h4-15H,3,16-18H2,1-2H3. The Hall–Kier alpha value is -3.52. The van der Waals surface area contributed by atoms with Gasteiger partial charge in [0.05, 0.1) is 5.75 Å². The van der Waals surface area contributed by atoms with Crippen molar-refractivity contribution in [3.8, 4) is 17.1 Å². The lowest BCUT2D eigenvalue weighted by Crippen LogP contribution is -2.32. The van der Waals surface area contributed by atoms with E-state index >= 15 is 0 Å². The SMILES string of the molecule is CCCN(Cc1ccc(C)cc1)C(=O)CSc1nnc(-c2ccncc2)n1-c1ccc(F)cc1. The summed E-state index contributed by atoms with van der Waals surface area (Å²) in [6.07, 6.45) is 4.24. The molecule has 34 heavy (non-hydrogen) atoms. The zero-order chi connectivity index (χ0) is 23.9. The van der Waals surface area contributed by atoms with Crippen molar-refractivity contribution in [3.63, 3.8) is 0 Å². The lowest BCUT2D eigenvalue weighted by Gasteiger charge is -2.22. The monoisotopic (exact) mass is 475 g/mol. The van der Waals surface area contributed by atoms with Crippen molar-refractivity contribution in [2.24, 2.45) is 0 Å². The number of nitrogens with zero attached hydrogens (tertiary/aromatic N) is 5. The molecule has 4 aromatic rings. The summed E-state index contributed by atoms with van der Waals surface area (Å²) < 4.78 is 15.4. The number of amides is 1. The summed E-state index contributed by atoms with van der Waals surface area (Å²) in [4.78, 5) is 19.1. The third-order valence-electron chi connectivity index (χ3n) is 5.32. The number of carbonyl (C=O) groups excluding carboxylic acids is 1. The van der Waals surface area contributed by atoms with Crippen LogP contribution in [0.1, 0.15) is 24.5 Å². The van der Waals surface area contributed by atoms with Crippen molar-refractivity contribution in [3.05, 3.63) is 90.0 Å². The van der Waals surface area contributed by atoms with Crippen molar-refractivity contribution in [2.45, 2.75) is 32.0 Å². The van der Waals surface area contributed by atoms with Gasteiger partial charge in [-0.05, 0) is 55.3 Å². The van der Waals surface area contributed by atoms with E-state index in [1.165, 1.54) is 29.5 Å². The fourth-order valence-electron chi connectivity index (χ4n) is 3.57. The lowest BCUT2D eigenvalue weighted by molar-refractivity contribution is -0.129. The maximum Gasteiger partial charge on any atom is 0.233 e. The van der Waals surface area contributed by atoms with Gasteiger partial charge in [0.1, 0.15) is 5.82 Å². The highest BCUT2D eigenvalue weighted by Crippen LogP contribution is 2.28. The fourth-order valence-corrected chi connectivity index (χ4v) is 4.42. The molecule has 0 spiro atoms. The van der Waals surface area contributed by atoms with Crippen LogP contribution in [0.5, 0.6) is 0 Å². The summed E-state index contributed by atoms with van der Waals surface area (Å²) in [5.41, 5.74) is 3.85. The van der Waals surface area contributed by atoms with Gasteiger partial charge in [-0.2, -0.15) is 0 Å². The molecule has 0 N–H and O–H groups in total. The second-order valence-corrected chi connectivity index (χ2v) is 8.89. The van der Waals surface area contributed by atoms with E-state index in [0.717, 1.165) is 23.2 Å². The molecular weight excluding hydrogens is 449 g/mol. The van der Waals surface area contributed by atoms with Gasteiger partial charge in [-0.25, -0.2) is 4.39 Å². The Morgan fingerprint density at radius 3 is 2.38 bits per heavy atom. The zero-order valence-corrected chi connectivity index (χ0v) is 20.0. The fraction of sp³-hybridized carbons (Fsp3) is 0.231. The van der Waals surface area contributed by atoms with Crippen molar-refractivity contribution >= 4 is 17.7 Å². The van der Waals surface area contributed by atoms with E-state index in [4.69, 9.17) is 0 Å². The van der Waals surface area contributed by atoms with Gasteiger partial charge in [0.25, 0.3) is 0 Å². The predicted molar refractivity (Wildman–Crippen MR) is 132 cm³/mol. The van der Waals surface area contributed by atoms with Gasteiger partial charge in [0, 0.05) is 36.7 Å². The minimum absolute atomic E-state index is 0.0338. The summed E-state index contributed by atoms with van der Waals surface area (Å²) in [5, 5.41) is 9.29. The number of hydrogen-bond acceptors (Lipinski definition) is 5. The number of thioether (sulfide) groups is 1. The Morgan fingerprint density at radius 2 is 1.71 bits per heavy atom. The van der Waals surface area contributed by atoms with E-state index in [9.17, 15) is 9.18 Å². The number of pyridine rings is 1. The number of hydrogen-bond donors (Lipinski definition) is 0. The first kappa shape index (κ1) is 23.6. The molecule has 4 rings (SSSR count). The maximum absolute atomic E-state index is 13.6. The van der Waals surface area contributed by atoms with Crippen LogP contribution in [0.2, 0.25) is 0 Å². The Morgan fingerprint density at radius 1 is 1.00 bits per heavy atom. The van der Waals surface area contributed by atoms with Crippen LogP contribution < -0.4 is 0 Å². The summed E-state index contributed by atoms with van der Waals surface area (Å²) in [5.74, 6) is 0.542. The van der Waals surface area contributed by atoms with E-state index in [1.807, 2.05) is 28.5 Å². The van der Waals surface area contributed by atoms with Crippen LogP contribution in [0.25, 0.3) is 17.1 Å². The van der Waals surface area contributed by atoms with Crippen molar-refractivity contribution in [1.29, 1.82) is 0 Å². The van der Waals surface area contributed by atoms with Crippen LogP contribution >= 0.6 is 11.8 Å². The van der Waals surface area contributed by atoms with E-state index in [2.05, 4.69) is 46.4 Å². The van der Waals surface area contributed by atoms with Gasteiger partial charge >= 0.3 is 0 Å². The highest BCUT2D eigenvalue weighted by atomic mass is 32.2. The summed E-state index contributed by atoms with van der Waals surface area (Å²) >= 11 is 1.33. The molecule has 6 nitrogen and oxygen atoms in total. The van der Waals surface area contributed by atoms with Gasteiger partial charge < -0.3 is 4.90 Å². The van der Waals surface area contributed by atoms with Crippen LogP contribution in [0.15, 0.2) is 78.2 Å². The van der Waals surface area contributed by atoms with Crippen LogP contribution in [-0.2, 0) is 11.3 Å². The Kier molecular flexibility index (Phi) is 7.69. The Balaban J connectivity index is 1.56. The number of benzene rings is 2. The smallest absolute Gasteiger partial charge is 0.233 e. The number of aryl methyl sites for hydroxylation is 1. The van der Waals surface area contributed by atoms with Crippen molar-refractivity contribution in [2.75, 3.05) is 12.3 Å². The van der Waals surface area contributed by atoms with Gasteiger partial charge in [-0.15, -0.1) is 10.2 Å². The topological polar surface area (TPSA) is 63.9 Å². The summed E-state index contributed by atoms with van der Waals surface area (Å²) in [6.45, 7) is 5.36. The second kappa shape index (κ2) is 11.1. The van der Waals surface area contributed by atoms with Crippen molar-refractivity contribution in [1.82, 2.24) is 24.6 Å². The molecular formula is C26H26FN5OS. The maximum atomic E-state index is 13.6. The predicted octanol–water partition coefficient (Wildman–Crippen LogP) is 5.31. The molecule has 0 saturated heterocycles. The van der Waals surface area contributed by atoms with Crippen LogP contribution in [0.3, 0.4) is 0 Å². The van der Waals surface area contributed by atoms with Crippen LogP contribution in [0.4, 0.5) is 4.39 Å². The highest BCUT2D eigenvalue weighted by molar-refractivity contribution is 7.99. The van der Waals surface area contributed by atoms with Crippen molar-refractivity contribution < 1.29 is 9.18 Å². The van der Waals surface area contributed by atoms with Gasteiger partial charge in [0.15, 0.2) is 11.0 Å². The zero-order valence-electron chi connectivity index (χ0n) is 19.2. The molecule has 8 heteroatoms. The first-order chi connectivity index (χ1) is 16.5. The molecule has 0 aliphatic heterocycles. The highest BCUT2D eigenvalue weighted by Gasteiger charge is 2.19. The third-order valence-corrected chi connectivity index (χ3v) is 6.24. The molecule has 2 aromatic heterocycles. The Labute approximate surface area is 202 Å². The first-order valence-corrected chi connectivity index (χ1v) is 12.1. The molecule has 2 heterocycles. The molecule has 0 aliphatic rings. The van der Waals surface area contributed by atoms with E-state index in [-0.39, 0.29) is 17.5 Å². The quantitative estimate of drug-likeness (QED) is 0.307. The largest absolute Gasteiger partial charge is 0.338 e. The van der Waals surface area contributed by atoms with Crippen LogP contribution in [0, 0.1) is 12.7 Å². The van der Waals surface area contributed by atoms with E-state index in [0.29, 0.717) is 24.1 Å². The molecule has 0 atom stereocenters. The average Bonchev–Trinajstić information content (AvgIpc) is 3.28. The minimum atomic E-state index is -0.321. The molecule has 1 amide bonds. The minimum Gasteiger partial charge on any atom is -0.338 e. The molecule has 2 aromatic carbocycles. The third kappa shape index (κ3) is 5.69. The molecule has 174 valence electrons. The normalized spacial score (nSPS) is 10.9. The number of carbonyl (C=O) groups is 1. The number of rotatable bonds is 9. The number of halogens is 1. The first-order valence-electron chi connectivity index (χ1n) is 11.1. The summed E-state index contributed by atoms with van der Waals surface area (Å²) in [7, 11) is 0. The van der Waals surface area contributed by atoms with Gasteiger partial charge in [-0.3, -0.25) is 14.3 Å². The lowest BCUT2D eigenvalue weighted by atomic mass is 10.1. The van der Waals surface area contributed by atoms with E-state index in [1.54, 1.807) is 24.5 Å². The second-order valence-electron chi connectivity index (χ2n) is 7.94. The van der Waals surface area contributed by atoms with E-state index < -0.39 is 0 Å².